The van der Waals surface area contributed by atoms with E-state index in [4.69, 9.17) is 13.6 Å². The van der Waals surface area contributed by atoms with Gasteiger partial charge in [0.1, 0.15) is 0 Å². The SMILES string of the molecule is [2H]C([2H])([2H])Oc1cc(Br)c(C=O)cc1OC. The van der Waals surface area contributed by atoms with Gasteiger partial charge in [-0.25, -0.2) is 0 Å². The van der Waals surface area contributed by atoms with Crippen molar-refractivity contribution >= 4 is 22.2 Å². The molecule has 13 heavy (non-hydrogen) atoms. The molecule has 0 N–H and O–H groups in total. The zero-order chi connectivity index (χ0) is 12.3. The van der Waals surface area contributed by atoms with Gasteiger partial charge >= 0.3 is 0 Å². The van der Waals surface area contributed by atoms with E-state index < -0.39 is 7.04 Å². The van der Waals surface area contributed by atoms with Crippen molar-refractivity contribution < 1.29 is 18.4 Å². The van der Waals surface area contributed by atoms with Crippen LogP contribution in [0, 0.1) is 0 Å². The molecule has 0 saturated heterocycles. The van der Waals surface area contributed by atoms with Gasteiger partial charge in [-0.1, -0.05) is 0 Å². The fourth-order valence-corrected chi connectivity index (χ4v) is 1.30. The lowest BCUT2D eigenvalue weighted by Crippen LogP contribution is -1.93. The summed E-state index contributed by atoms with van der Waals surface area (Å²) in [5.74, 6) is 0.251. The van der Waals surface area contributed by atoms with E-state index >= 15 is 0 Å². The Morgan fingerprint density at radius 3 is 2.69 bits per heavy atom. The van der Waals surface area contributed by atoms with E-state index in [1.165, 1.54) is 19.2 Å². The maximum absolute atomic E-state index is 10.7. The molecule has 4 heteroatoms. The van der Waals surface area contributed by atoms with E-state index in [9.17, 15) is 4.79 Å². The van der Waals surface area contributed by atoms with Crippen LogP contribution in [0.1, 0.15) is 14.5 Å². The lowest BCUT2D eigenvalue weighted by Gasteiger charge is -2.08. The first-order valence-electron chi connectivity index (χ1n) is 4.89. The van der Waals surface area contributed by atoms with Crippen molar-refractivity contribution in [3.8, 4) is 11.5 Å². The van der Waals surface area contributed by atoms with Crippen LogP contribution in [-0.4, -0.2) is 20.4 Å². The van der Waals surface area contributed by atoms with Crippen LogP contribution >= 0.6 is 15.9 Å². The molecular formula is C9H9BrO3. The van der Waals surface area contributed by atoms with Crippen LogP contribution < -0.4 is 9.47 Å². The van der Waals surface area contributed by atoms with Gasteiger partial charge in [0.15, 0.2) is 17.8 Å². The molecule has 70 valence electrons. The first-order chi connectivity index (χ1) is 7.37. The topological polar surface area (TPSA) is 35.5 Å². The molecular weight excluding hydrogens is 236 g/mol. The highest BCUT2D eigenvalue weighted by molar-refractivity contribution is 9.10. The van der Waals surface area contributed by atoms with E-state index in [-0.39, 0.29) is 11.5 Å². The molecule has 0 aliphatic carbocycles. The minimum atomic E-state index is -2.56. The largest absolute Gasteiger partial charge is 0.493 e. The van der Waals surface area contributed by atoms with Crippen LogP contribution in [0.2, 0.25) is 0 Å². The van der Waals surface area contributed by atoms with Gasteiger partial charge in [0.25, 0.3) is 0 Å². The number of carbonyl (C=O) groups is 1. The Morgan fingerprint density at radius 2 is 2.15 bits per heavy atom. The molecule has 0 bridgehead atoms. The van der Waals surface area contributed by atoms with Crippen LogP contribution in [0.15, 0.2) is 16.6 Å². The Balaban J connectivity index is 3.18. The Morgan fingerprint density at radius 1 is 1.46 bits per heavy atom. The quantitative estimate of drug-likeness (QED) is 0.770. The van der Waals surface area contributed by atoms with Gasteiger partial charge in [-0.3, -0.25) is 4.79 Å². The van der Waals surface area contributed by atoms with Crippen LogP contribution in [0.5, 0.6) is 11.5 Å². The number of hydrogen-bond acceptors (Lipinski definition) is 3. The lowest BCUT2D eigenvalue weighted by molar-refractivity contribution is 0.112. The minimum absolute atomic E-state index is 0.0555. The van der Waals surface area contributed by atoms with Gasteiger partial charge < -0.3 is 9.47 Å². The van der Waals surface area contributed by atoms with Gasteiger partial charge in [-0.2, -0.15) is 0 Å². The van der Waals surface area contributed by atoms with Gasteiger partial charge in [0, 0.05) is 10.0 Å². The average Bonchev–Trinajstić information content (AvgIpc) is 2.16. The second kappa shape index (κ2) is 4.28. The number of benzene rings is 1. The van der Waals surface area contributed by atoms with Crippen molar-refractivity contribution in [3.63, 3.8) is 0 Å². The fourth-order valence-electron chi connectivity index (χ4n) is 0.880. The molecule has 0 aromatic heterocycles. The molecule has 0 atom stereocenters. The van der Waals surface area contributed by atoms with Crippen molar-refractivity contribution in [2.45, 2.75) is 0 Å². The predicted molar refractivity (Wildman–Crippen MR) is 52.6 cm³/mol. The standard InChI is InChI=1S/C9H9BrO3/c1-12-8-3-6(5-11)7(10)4-9(8)13-2/h3-5H,1-2H3/i2D3. The van der Waals surface area contributed by atoms with Crippen molar-refractivity contribution in [1.82, 2.24) is 0 Å². The number of aldehydes is 1. The number of methoxy groups -OCH3 is 2. The molecule has 1 aromatic carbocycles. The summed E-state index contributed by atoms with van der Waals surface area (Å²) in [6.07, 6.45) is 0.631. The summed E-state index contributed by atoms with van der Waals surface area (Å²) in [5.41, 5.74) is 0.356. The van der Waals surface area contributed by atoms with Crippen LogP contribution in [0.25, 0.3) is 0 Å². The highest BCUT2D eigenvalue weighted by atomic mass is 79.9. The lowest BCUT2D eigenvalue weighted by atomic mass is 10.2. The summed E-state index contributed by atoms with van der Waals surface area (Å²) >= 11 is 3.13. The van der Waals surface area contributed by atoms with Crippen molar-refractivity contribution in [1.29, 1.82) is 0 Å². The maximum Gasteiger partial charge on any atom is 0.161 e. The zero-order valence-corrected chi connectivity index (χ0v) is 8.42. The monoisotopic (exact) mass is 247 g/mol. The van der Waals surface area contributed by atoms with E-state index in [2.05, 4.69) is 15.9 Å². The second-order valence-corrected chi connectivity index (χ2v) is 3.10. The third kappa shape index (κ3) is 2.01. The number of hydrogen-bond donors (Lipinski definition) is 0. The Hall–Kier alpha value is -1.03. The van der Waals surface area contributed by atoms with Crippen molar-refractivity contribution in [2.24, 2.45) is 0 Å². The summed E-state index contributed by atoms with van der Waals surface area (Å²) in [6.45, 7) is 0. The normalized spacial score (nSPS) is 13.8. The number of carbonyl (C=O) groups excluding carboxylic acids is 1. The Kier molecular flexibility index (Phi) is 2.11. The van der Waals surface area contributed by atoms with Gasteiger partial charge in [0.05, 0.1) is 18.3 Å². The van der Waals surface area contributed by atoms with E-state index in [0.717, 1.165) is 0 Å². The molecule has 0 fully saturated rings. The molecule has 0 radical (unpaired) electrons. The van der Waals surface area contributed by atoms with Crippen molar-refractivity contribution in [3.05, 3.63) is 22.2 Å². The zero-order valence-electron chi connectivity index (χ0n) is 9.83. The highest BCUT2D eigenvalue weighted by Gasteiger charge is 2.08. The van der Waals surface area contributed by atoms with Gasteiger partial charge in [-0.15, -0.1) is 0 Å². The fraction of sp³-hybridized carbons (Fsp3) is 0.222. The molecule has 0 spiro atoms. The molecule has 1 aromatic rings. The third-order valence-corrected chi connectivity index (χ3v) is 2.21. The van der Waals surface area contributed by atoms with E-state index in [1.807, 2.05) is 0 Å². The van der Waals surface area contributed by atoms with E-state index in [0.29, 0.717) is 16.3 Å². The van der Waals surface area contributed by atoms with Gasteiger partial charge in [0.2, 0.25) is 0 Å². The molecule has 0 unspecified atom stereocenters. The van der Waals surface area contributed by atoms with Crippen LogP contribution in [0.4, 0.5) is 0 Å². The summed E-state index contributed by atoms with van der Waals surface area (Å²) in [4.78, 5) is 10.7. The number of ether oxygens (including phenoxy) is 2. The average molecular weight is 248 g/mol. The van der Waals surface area contributed by atoms with E-state index in [1.54, 1.807) is 0 Å². The first kappa shape index (κ1) is 6.43. The molecule has 0 heterocycles. The first-order valence-corrected chi connectivity index (χ1v) is 4.18. The predicted octanol–water partition coefficient (Wildman–Crippen LogP) is 2.28. The number of halogens is 1. The highest BCUT2D eigenvalue weighted by Crippen LogP contribution is 2.32. The summed E-state index contributed by atoms with van der Waals surface area (Å²) in [6, 6.07) is 2.78. The molecule has 1 rings (SSSR count). The third-order valence-electron chi connectivity index (χ3n) is 1.52. The van der Waals surface area contributed by atoms with Crippen molar-refractivity contribution in [2.75, 3.05) is 14.1 Å². The summed E-state index contributed by atoms with van der Waals surface area (Å²) in [5, 5.41) is 0. The Bertz CT molecular complexity index is 404. The van der Waals surface area contributed by atoms with Crippen LogP contribution in [0.3, 0.4) is 0 Å². The number of rotatable bonds is 3. The van der Waals surface area contributed by atoms with Gasteiger partial charge in [-0.05, 0) is 28.1 Å². The molecule has 3 nitrogen and oxygen atoms in total. The second-order valence-electron chi connectivity index (χ2n) is 2.24. The smallest absolute Gasteiger partial charge is 0.161 e. The Labute approximate surface area is 89.0 Å². The molecule has 0 aliphatic heterocycles. The van der Waals surface area contributed by atoms with Crippen LogP contribution in [-0.2, 0) is 0 Å². The molecule has 0 saturated carbocycles. The molecule has 0 amide bonds. The summed E-state index contributed by atoms with van der Waals surface area (Å²) < 4.78 is 31.1. The summed E-state index contributed by atoms with van der Waals surface area (Å²) in [7, 11) is -1.19. The maximum atomic E-state index is 10.7. The minimum Gasteiger partial charge on any atom is -0.493 e. The molecule has 0 aliphatic rings.